The number of amides is 1. The molecule has 0 spiro atoms. The summed E-state index contributed by atoms with van der Waals surface area (Å²) in [5, 5.41) is 0. The molecule has 0 saturated carbocycles. The van der Waals surface area contributed by atoms with Crippen LogP contribution in [0.5, 0.6) is 0 Å². The number of carbonyl (C=O) groups excluding carboxylic acids is 1. The van der Waals surface area contributed by atoms with Gasteiger partial charge in [0.1, 0.15) is 0 Å². The van der Waals surface area contributed by atoms with E-state index in [4.69, 9.17) is 5.73 Å². The van der Waals surface area contributed by atoms with E-state index in [0.717, 1.165) is 36.9 Å². The van der Waals surface area contributed by atoms with E-state index in [2.05, 4.69) is 18.8 Å². The van der Waals surface area contributed by atoms with Crippen molar-refractivity contribution in [1.29, 1.82) is 0 Å². The van der Waals surface area contributed by atoms with Crippen molar-refractivity contribution in [1.82, 2.24) is 0 Å². The number of benzene rings is 1. The number of hydrogen-bond acceptors (Lipinski definition) is 2. The van der Waals surface area contributed by atoms with Crippen LogP contribution in [-0.2, 0) is 4.79 Å². The molecule has 1 aromatic carbocycles. The maximum absolute atomic E-state index is 12.0. The first-order valence-electron chi connectivity index (χ1n) is 7.29. The summed E-state index contributed by atoms with van der Waals surface area (Å²) in [6.45, 7) is 4.25. The molecule has 1 amide bonds. The maximum atomic E-state index is 12.0. The molecule has 1 aromatic rings. The van der Waals surface area contributed by atoms with Gasteiger partial charge in [-0.3, -0.25) is 9.79 Å². The third kappa shape index (κ3) is 2.67. The fraction of sp³-hybridized carbons (Fsp3) is 0.412. The number of hydrogen-bond donors (Lipinski definition) is 1. The predicted octanol–water partition coefficient (Wildman–Crippen LogP) is 3.86. The number of nitrogens with zero attached hydrogens (tertiary/aromatic N) is 1. The Morgan fingerprint density at radius 1 is 1.20 bits per heavy atom. The number of para-hydroxylation sites is 1. The van der Waals surface area contributed by atoms with Crippen LogP contribution in [0, 0.1) is 5.41 Å². The van der Waals surface area contributed by atoms with Crippen LogP contribution in [-0.4, -0.2) is 12.1 Å². The van der Waals surface area contributed by atoms with Crippen molar-refractivity contribution in [2.45, 2.75) is 39.5 Å². The second-order valence-corrected chi connectivity index (χ2v) is 5.40. The molecule has 0 fully saturated rings. The summed E-state index contributed by atoms with van der Waals surface area (Å²) in [6.07, 6.45) is 7.65. The third-order valence-electron chi connectivity index (χ3n) is 3.88. The summed E-state index contributed by atoms with van der Waals surface area (Å²) in [5.74, 6) is -0.338. The van der Waals surface area contributed by atoms with Crippen LogP contribution < -0.4 is 5.73 Å². The van der Waals surface area contributed by atoms with Crippen LogP contribution >= 0.6 is 0 Å². The number of rotatable bonds is 5. The number of nitrogens with two attached hydrogens (primary N) is 1. The Balaban J connectivity index is 2.61. The van der Waals surface area contributed by atoms with Crippen molar-refractivity contribution >= 4 is 23.9 Å². The first-order chi connectivity index (χ1) is 9.63. The van der Waals surface area contributed by atoms with Gasteiger partial charge in [0, 0.05) is 22.8 Å². The zero-order valence-corrected chi connectivity index (χ0v) is 12.2. The molecule has 20 heavy (non-hydrogen) atoms. The number of fused-ring (bicyclic) bond motifs is 1. The lowest BCUT2D eigenvalue weighted by molar-refractivity contribution is -0.115. The summed E-state index contributed by atoms with van der Waals surface area (Å²) in [4.78, 5) is 16.6. The van der Waals surface area contributed by atoms with Crippen molar-refractivity contribution in [3.63, 3.8) is 0 Å². The van der Waals surface area contributed by atoms with E-state index >= 15 is 0 Å². The Morgan fingerprint density at radius 2 is 1.85 bits per heavy atom. The SMILES string of the molecule is CCCC1(CCC)C=Nc2ccccc2C=C1C(N)=O. The van der Waals surface area contributed by atoms with Gasteiger partial charge in [0.05, 0.1) is 5.69 Å². The normalized spacial score (nSPS) is 16.2. The van der Waals surface area contributed by atoms with E-state index < -0.39 is 0 Å². The quantitative estimate of drug-likeness (QED) is 0.867. The van der Waals surface area contributed by atoms with Crippen LogP contribution in [0.15, 0.2) is 34.8 Å². The van der Waals surface area contributed by atoms with Crippen LogP contribution in [0.4, 0.5) is 5.69 Å². The maximum Gasteiger partial charge on any atom is 0.245 e. The van der Waals surface area contributed by atoms with Gasteiger partial charge in [0.15, 0.2) is 0 Å². The Kier molecular flexibility index (Phi) is 4.38. The molecule has 3 nitrogen and oxygen atoms in total. The Labute approximate surface area is 120 Å². The zero-order chi connectivity index (χ0) is 14.6. The fourth-order valence-electron chi connectivity index (χ4n) is 3.02. The summed E-state index contributed by atoms with van der Waals surface area (Å²) in [6, 6.07) is 7.86. The highest BCUT2D eigenvalue weighted by Gasteiger charge is 2.35. The molecule has 106 valence electrons. The van der Waals surface area contributed by atoms with Gasteiger partial charge in [0.2, 0.25) is 5.91 Å². The van der Waals surface area contributed by atoms with Crippen LogP contribution in [0.2, 0.25) is 0 Å². The van der Waals surface area contributed by atoms with E-state index in [1.165, 1.54) is 0 Å². The largest absolute Gasteiger partial charge is 0.366 e. The van der Waals surface area contributed by atoms with Crippen LogP contribution in [0.3, 0.4) is 0 Å². The molecule has 1 heterocycles. The highest BCUT2D eigenvalue weighted by Crippen LogP contribution is 2.40. The highest BCUT2D eigenvalue weighted by molar-refractivity contribution is 6.04. The van der Waals surface area contributed by atoms with Gasteiger partial charge in [-0.2, -0.15) is 0 Å². The molecule has 1 aliphatic rings. The number of carbonyl (C=O) groups is 1. The highest BCUT2D eigenvalue weighted by atomic mass is 16.1. The molecule has 2 N–H and O–H groups in total. The van der Waals surface area contributed by atoms with Crippen LogP contribution in [0.1, 0.15) is 45.1 Å². The summed E-state index contributed by atoms with van der Waals surface area (Å²) >= 11 is 0. The monoisotopic (exact) mass is 270 g/mol. The predicted molar refractivity (Wildman–Crippen MR) is 84.0 cm³/mol. The van der Waals surface area contributed by atoms with Gasteiger partial charge in [-0.15, -0.1) is 0 Å². The standard InChI is InChI=1S/C17H22N2O/c1-3-9-17(10-4-2)12-19-15-8-6-5-7-13(15)11-14(17)16(18)20/h5-8,11-12H,3-4,9-10H2,1-2H3,(H2,18,20). The van der Waals surface area contributed by atoms with Crippen molar-refractivity contribution in [3.05, 3.63) is 35.4 Å². The first kappa shape index (κ1) is 14.5. The van der Waals surface area contributed by atoms with Crippen LogP contribution in [0.25, 0.3) is 6.08 Å². The molecular weight excluding hydrogens is 248 g/mol. The minimum atomic E-state index is -0.338. The third-order valence-corrected chi connectivity index (χ3v) is 3.88. The lowest BCUT2D eigenvalue weighted by Crippen LogP contribution is -2.32. The Hall–Kier alpha value is -1.90. The molecular formula is C17H22N2O. The van der Waals surface area contributed by atoms with Crippen molar-refractivity contribution < 1.29 is 4.79 Å². The minimum Gasteiger partial charge on any atom is -0.366 e. The van der Waals surface area contributed by atoms with Crippen molar-refractivity contribution in [3.8, 4) is 0 Å². The molecule has 0 aliphatic carbocycles. The summed E-state index contributed by atoms with van der Waals surface area (Å²) in [5.41, 5.74) is 7.89. The van der Waals surface area contributed by atoms with Gasteiger partial charge in [-0.25, -0.2) is 0 Å². The lowest BCUT2D eigenvalue weighted by Gasteiger charge is -2.30. The average Bonchev–Trinajstić information content (AvgIpc) is 2.58. The second-order valence-electron chi connectivity index (χ2n) is 5.40. The smallest absolute Gasteiger partial charge is 0.245 e. The lowest BCUT2D eigenvalue weighted by atomic mass is 9.73. The van der Waals surface area contributed by atoms with Crippen molar-refractivity contribution in [2.75, 3.05) is 0 Å². The number of primary amides is 1. The molecule has 0 saturated heterocycles. The second kappa shape index (κ2) is 6.04. The summed E-state index contributed by atoms with van der Waals surface area (Å²) in [7, 11) is 0. The molecule has 0 atom stereocenters. The Morgan fingerprint density at radius 3 is 2.45 bits per heavy atom. The van der Waals surface area contributed by atoms with Gasteiger partial charge >= 0.3 is 0 Å². The van der Waals surface area contributed by atoms with Gasteiger partial charge < -0.3 is 5.73 Å². The fourth-order valence-corrected chi connectivity index (χ4v) is 3.02. The molecule has 0 radical (unpaired) electrons. The minimum absolute atomic E-state index is 0.325. The van der Waals surface area contributed by atoms with E-state index in [1.807, 2.05) is 36.6 Å². The van der Waals surface area contributed by atoms with Gasteiger partial charge in [-0.1, -0.05) is 44.9 Å². The van der Waals surface area contributed by atoms with E-state index in [1.54, 1.807) is 0 Å². The molecule has 0 bridgehead atoms. The van der Waals surface area contributed by atoms with E-state index in [-0.39, 0.29) is 11.3 Å². The zero-order valence-electron chi connectivity index (χ0n) is 12.2. The molecule has 2 rings (SSSR count). The molecule has 0 unspecified atom stereocenters. The molecule has 0 aromatic heterocycles. The number of aliphatic imine (C=N–C) groups is 1. The molecule has 1 aliphatic heterocycles. The molecule has 3 heteroatoms. The summed E-state index contributed by atoms with van der Waals surface area (Å²) < 4.78 is 0. The van der Waals surface area contributed by atoms with E-state index in [9.17, 15) is 4.79 Å². The van der Waals surface area contributed by atoms with Gasteiger partial charge in [-0.05, 0) is 25.0 Å². The topological polar surface area (TPSA) is 55.4 Å². The Bertz CT molecular complexity index is 552. The van der Waals surface area contributed by atoms with E-state index in [0.29, 0.717) is 5.57 Å². The average molecular weight is 270 g/mol. The first-order valence-corrected chi connectivity index (χ1v) is 7.29. The van der Waals surface area contributed by atoms with Crippen molar-refractivity contribution in [2.24, 2.45) is 16.1 Å². The van der Waals surface area contributed by atoms with Gasteiger partial charge in [0.25, 0.3) is 0 Å².